The third-order valence-electron chi connectivity index (χ3n) is 4.16. The maximum Gasteiger partial charge on any atom is 0.311 e. The molecular formula is C16H21NO4. The number of piperidine rings is 1. The number of aliphatic carboxylic acids is 1. The number of carbonyl (C=O) groups excluding carboxylic acids is 1. The van der Waals surface area contributed by atoms with Crippen molar-refractivity contribution in [2.24, 2.45) is 5.41 Å². The number of phenolic OH excluding ortho intramolecular Hbond substituents is 1. The molecule has 5 nitrogen and oxygen atoms in total. The van der Waals surface area contributed by atoms with Crippen LogP contribution in [-0.2, 0) is 4.79 Å². The zero-order valence-corrected chi connectivity index (χ0v) is 12.2. The first-order valence-corrected chi connectivity index (χ1v) is 7.30. The standard InChI is InChI=1S/C16H21NO4/c1-2-8-16(15(20)21)9-3-10-17(11-16)14(19)12-4-6-13(18)7-5-12/h4-7,18H,2-3,8-11H2,1H3,(H,20,21). The van der Waals surface area contributed by atoms with Gasteiger partial charge in [0.05, 0.1) is 5.41 Å². The first kappa shape index (κ1) is 15.4. The molecule has 0 saturated carbocycles. The van der Waals surface area contributed by atoms with Crippen molar-refractivity contribution in [2.75, 3.05) is 13.1 Å². The molecule has 21 heavy (non-hydrogen) atoms. The fraction of sp³-hybridized carbons (Fsp3) is 0.500. The minimum atomic E-state index is -0.820. The molecule has 0 spiro atoms. The topological polar surface area (TPSA) is 77.8 Å². The molecule has 0 aromatic heterocycles. The molecule has 1 aliphatic rings. The van der Waals surface area contributed by atoms with E-state index in [4.69, 9.17) is 0 Å². The van der Waals surface area contributed by atoms with Crippen LogP contribution in [0.15, 0.2) is 24.3 Å². The second kappa shape index (κ2) is 6.16. The van der Waals surface area contributed by atoms with Crippen molar-refractivity contribution in [2.45, 2.75) is 32.6 Å². The molecule has 1 amide bonds. The number of hydrogen-bond acceptors (Lipinski definition) is 3. The van der Waals surface area contributed by atoms with Crippen LogP contribution < -0.4 is 0 Å². The third kappa shape index (κ3) is 3.17. The molecule has 1 atom stereocenters. The highest BCUT2D eigenvalue weighted by Gasteiger charge is 2.42. The summed E-state index contributed by atoms with van der Waals surface area (Å²) in [5.41, 5.74) is -0.343. The molecule has 1 fully saturated rings. The smallest absolute Gasteiger partial charge is 0.311 e. The largest absolute Gasteiger partial charge is 0.508 e. The SMILES string of the molecule is CCCC1(C(=O)O)CCCN(C(=O)c2ccc(O)cc2)C1. The van der Waals surface area contributed by atoms with E-state index >= 15 is 0 Å². The Hall–Kier alpha value is -2.04. The number of aromatic hydroxyl groups is 1. The van der Waals surface area contributed by atoms with Gasteiger partial charge in [-0.05, 0) is 43.5 Å². The molecule has 1 aromatic carbocycles. The summed E-state index contributed by atoms with van der Waals surface area (Å²) in [4.78, 5) is 25.7. The van der Waals surface area contributed by atoms with Gasteiger partial charge < -0.3 is 15.1 Å². The monoisotopic (exact) mass is 291 g/mol. The van der Waals surface area contributed by atoms with Gasteiger partial charge in [-0.3, -0.25) is 9.59 Å². The average Bonchev–Trinajstić information content (AvgIpc) is 2.48. The summed E-state index contributed by atoms with van der Waals surface area (Å²) >= 11 is 0. The number of carbonyl (C=O) groups is 2. The number of carboxylic acids is 1. The minimum absolute atomic E-state index is 0.107. The molecule has 2 rings (SSSR count). The van der Waals surface area contributed by atoms with Crippen molar-refractivity contribution in [3.05, 3.63) is 29.8 Å². The van der Waals surface area contributed by atoms with Crippen LogP contribution in [0.1, 0.15) is 43.0 Å². The maximum absolute atomic E-state index is 12.5. The maximum atomic E-state index is 12.5. The lowest BCUT2D eigenvalue weighted by atomic mass is 9.76. The minimum Gasteiger partial charge on any atom is -0.508 e. The van der Waals surface area contributed by atoms with Gasteiger partial charge in [-0.1, -0.05) is 13.3 Å². The third-order valence-corrected chi connectivity index (χ3v) is 4.16. The lowest BCUT2D eigenvalue weighted by molar-refractivity contribution is -0.152. The van der Waals surface area contributed by atoms with Crippen LogP contribution in [0.2, 0.25) is 0 Å². The number of amides is 1. The highest BCUT2D eigenvalue weighted by molar-refractivity contribution is 5.94. The molecule has 1 aromatic rings. The second-order valence-corrected chi connectivity index (χ2v) is 5.71. The fourth-order valence-corrected chi connectivity index (χ4v) is 3.06. The van der Waals surface area contributed by atoms with E-state index in [0.29, 0.717) is 31.4 Å². The Bertz CT molecular complexity index is 522. The molecule has 114 valence electrons. The summed E-state index contributed by atoms with van der Waals surface area (Å²) in [6.07, 6.45) is 2.70. The molecule has 2 N–H and O–H groups in total. The molecule has 1 heterocycles. The lowest BCUT2D eigenvalue weighted by Crippen LogP contribution is -2.49. The van der Waals surface area contributed by atoms with Crippen molar-refractivity contribution in [3.8, 4) is 5.75 Å². The molecule has 0 aliphatic carbocycles. The number of rotatable bonds is 4. The van der Waals surface area contributed by atoms with Crippen LogP contribution >= 0.6 is 0 Å². The average molecular weight is 291 g/mol. The van der Waals surface area contributed by atoms with Crippen LogP contribution in [0.5, 0.6) is 5.75 Å². The van der Waals surface area contributed by atoms with Crippen molar-refractivity contribution in [1.29, 1.82) is 0 Å². The van der Waals surface area contributed by atoms with Crippen molar-refractivity contribution in [3.63, 3.8) is 0 Å². The van der Waals surface area contributed by atoms with Crippen LogP contribution in [0.3, 0.4) is 0 Å². The molecule has 1 aliphatic heterocycles. The fourth-order valence-electron chi connectivity index (χ4n) is 3.06. The van der Waals surface area contributed by atoms with Crippen molar-refractivity contribution in [1.82, 2.24) is 4.90 Å². The van der Waals surface area contributed by atoms with Crippen LogP contribution in [0.4, 0.5) is 0 Å². The molecule has 5 heteroatoms. The van der Waals surface area contributed by atoms with Gasteiger partial charge >= 0.3 is 5.97 Å². The highest BCUT2D eigenvalue weighted by Crippen LogP contribution is 2.35. The molecule has 1 saturated heterocycles. The lowest BCUT2D eigenvalue weighted by Gasteiger charge is -2.40. The van der Waals surface area contributed by atoms with Gasteiger partial charge in [-0.2, -0.15) is 0 Å². The Morgan fingerprint density at radius 1 is 1.29 bits per heavy atom. The van der Waals surface area contributed by atoms with E-state index in [1.54, 1.807) is 17.0 Å². The Kier molecular flexibility index (Phi) is 4.50. The van der Waals surface area contributed by atoms with Crippen LogP contribution in [0, 0.1) is 5.41 Å². The number of benzene rings is 1. The summed E-state index contributed by atoms with van der Waals surface area (Å²) < 4.78 is 0. The molecular weight excluding hydrogens is 270 g/mol. The predicted octanol–water partition coefficient (Wildman–Crippen LogP) is 2.50. The second-order valence-electron chi connectivity index (χ2n) is 5.71. The van der Waals surface area contributed by atoms with E-state index in [9.17, 15) is 19.8 Å². The predicted molar refractivity (Wildman–Crippen MR) is 78.2 cm³/mol. The Morgan fingerprint density at radius 3 is 2.52 bits per heavy atom. The number of phenols is 1. The van der Waals surface area contributed by atoms with Gasteiger partial charge in [0.1, 0.15) is 5.75 Å². The summed E-state index contributed by atoms with van der Waals surface area (Å²) in [6.45, 7) is 2.81. The van der Waals surface area contributed by atoms with Gasteiger partial charge in [-0.25, -0.2) is 0 Å². The zero-order valence-electron chi connectivity index (χ0n) is 12.2. The van der Waals surface area contributed by atoms with E-state index < -0.39 is 11.4 Å². The molecule has 1 unspecified atom stereocenters. The van der Waals surface area contributed by atoms with E-state index in [1.807, 2.05) is 6.92 Å². The highest BCUT2D eigenvalue weighted by atomic mass is 16.4. The first-order chi connectivity index (χ1) is 9.98. The van der Waals surface area contributed by atoms with Crippen LogP contribution in [-0.4, -0.2) is 40.1 Å². The van der Waals surface area contributed by atoms with Gasteiger partial charge in [0.25, 0.3) is 5.91 Å². The Morgan fingerprint density at radius 2 is 1.95 bits per heavy atom. The van der Waals surface area contributed by atoms with Gasteiger partial charge in [0.2, 0.25) is 0 Å². The van der Waals surface area contributed by atoms with E-state index in [-0.39, 0.29) is 18.2 Å². The number of nitrogens with zero attached hydrogens (tertiary/aromatic N) is 1. The quantitative estimate of drug-likeness (QED) is 0.893. The molecule has 0 bridgehead atoms. The van der Waals surface area contributed by atoms with Crippen molar-refractivity contribution >= 4 is 11.9 Å². The summed E-state index contributed by atoms with van der Waals surface area (Å²) in [5.74, 6) is -0.875. The van der Waals surface area contributed by atoms with E-state index in [2.05, 4.69) is 0 Å². The van der Waals surface area contributed by atoms with Crippen molar-refractivity contribution < 1.29 is 19.8 Å². The van der Waals surface area contributed by atoms with E-state index in [0.717, 1.165) is 6.42 Å². The number of carboxylic acid groups (broad SMARTS) is 1. The summed E-state index contributed by atoms with van der Waals surface area (Å²) in [7, 11) is 0. The van der Waals surface area contributed by atoms with Gasteiger partial charge in [-0.15, -0.1) is 0 Å². The first-order valence-electron chi connectivity index (χ1n) is 7.30. The van der Waals surface area contributed by atoms with E-state index in [1.165, 1.54) is 12.1 Å². The zero-order chi connectivity index (χ0) is 15.5. The van der Waals surface area contributed by atoms with Crippen LogP contribution in [0.25, 0.3) is 0 Å². The summed E-state index contributed by atoms with van der Waals surface area (Å²) in [6, 6.07) is 6.06. The number of hydrogen-bond donors (Lipinski definition) is 2. The Labute approximate surface area is 124 Å². The van der Waals surface area contributed by atoms with Gasteiger partial charge in [0.15, 0.2) is 0 Å². The normalized spacial score (nSPS) is 22.0. The number of likely N-dealkylation sites (tertiary alicyclic amines) is 1. The van der Waals surface area contributed by atoms with Gasteiger partial charge in [0, 0.05) is 18.7 Å². The summed E-state index contributed by atoms with van der Waals surface area (Å²) in [5, 5.41) is 18.8. The molecule has 0 radical (unpaired) electrons. The Balaban J connectivity index is 2.18.